The van der Waals surface area contributed by atoms with Crippen LogP contribution >= 0.6 is 11.8 Å². The van der Waals surface area contributed by atoms with Gasteiger partial charge in [0.1, 0.15) is 0 Å². The maximum atomic E-state index is 10.9. The number of nitrogens with zero attached hydrogens (tertiary/aromatic N) is 1. The third kappa shape index (κ3) is 1.81. The van der Waals surface area contributed by atoms with E-state index in [0.29, 0.717) is 11.3 Å². The van der Waals surface area contributed by atoms with E-state index in [4.69, 9.17) is 5.73 Å². The van der Waals surface area contributed by atoms with E-state index in [9.17, 15) is 8.42 Å². The molecule has 0 unspecified atom stereocenters. The molecule has 6 heteroatoms. The maximum absolute atomic E-state index is 10.9. The molecule has 0 amide bonds. The molecule has 0 aliphatic carbocycles. The van der Waals surface area contributed by atoms with E-state index in [1.807, 2.05) is 6.92 Å². The van der Waals surface area contributed by atoms with Crippen LogP contribution in [-0.4, -0.2) is 26.1 Å². The topological polar surface area (TPSA) is 72.5 Å². The van der Waals surface area contributed by atoms with Crippen LogP contribution in [0.1, 0.15) is 6.92 Å². The predicted octanol–water partition coefficient (Wildman–Crippen LogP) is 0.324. The first kappa shape index (κ1) is 9.60. The summed E-state index contributed by atoms with van der Waals surface area (Å²) in [6.07, 6.45) is 1.33. The summed E-state index contributed by atoms with van der Waals surface area (Å²) < 4.78 is 25.2. The molecule has 0 bridgehead atoms. The van der Waals surface area contributed by atoms with Crippen LogP contribution in [0.25, 0.3) is 0 Å². The second-order valence-electron chi connectivity index (χ2n) is 2.24. The van der Waals surface area contributed by atoms with Gasteiger partial charge in [0.2, 0.25) is 0 Å². The molecule has 0 aromatic carbocycles. The number of hydrogen-bond donors (Lipinski definition) is 1. The number of thioether (sulfide) groups is 1. The van der Waals surface area contributed by atoms with E-state index < -0.39 is 10.0 Å². The minimum absolute atomic E-state index is 0.0940. The van der Waals surface area contributed by atoms with Gasteiger partial charge in [-0.2, -0.15) is 24.6 Å². The molecule has 1 aliphatic rings. The van der Waals surface area contributed by atoms with Crippen LogP contribution in [-0.2, 0) is 10.0 Å². The summed E-state index contributed by atoms with van der Waals surface area (Å²) >= 11 is 1.62. The lowest BCUT2D eigenvalue weighted by Gasteiger charge is -1.97. The molecular formula is C6H10N2O2S2. The van der Waals surface area contributed by atoms with Gasteiger partial charge in [0, 0.05) is 17.5 Å². The smallest absolute Gasteiger partial charge is 0.297 e. The van der Waals surface area contributed by atoms with Crippen LogP contribution in [0.2, 0.25) is 0 Å². The third-order valence-electron chi connectivity index (χ3n) is 1.40. The van der Waals surface area contributed by atoms with E-state index in [2.05, 4.69) is 4.40 Å². The molecule has 1 rings (SSSR count). The van der Waals surface area contributed by atoms with Crippen LogP contribution in [0.3, 0.4) is 0 Å². The van der Waals surface area contributed by atoms with Crippen molar-refractivity contribution in [2.45, 2.75) is 6.92 Å². The number of nitrogens with two attached hydrogens (primary N) is 1. The minimum Gasteiger partial charge on any atom is -0.388 e. The lowest BCUT2D eigenvalue weighted by molar-refractivity contribution is 0.604. The Morgan fingerprint density at radius 1 is 1.67 bits per heavy atom. The fourth-order valence-corrected chi connectivity index (χ4v) is 2.32. The van der Waals surface area contributed by atoms with Gasteiger partial charge >= 0.3 is 0 Å². The lowest BCUT2D eigenvalue weighted by Crippen LogP contribution is -2.08. The van der Waals surface area contributed by atoms with E-state index in [1.165, 1.54) is 6.21 Å². The molecule has 0 radical (unpaired) electrons. The van der Waals surface area contributed by atoms with Gasteiger partial charge in [-0.15, -0.1) is 0 Å². The summed E-state index contributed by atoms with van der Waals surface area (Å²) in [4.78, 5) is 0. The highest BCUT2D eigenvalue weighted by Gasteiger charge is 2.21. The average molecular weight is 206 g/mol. The molecule has 1 heterocycles. The van der Waals surface area contributed by atoms with Gasteiger partial charge < -0.3 is 5.73 Å². The molecule has 0 atom stereocenters. The zero-order valence-electron chi connectivity index (χ0n) is 6.65. The molecule has 0 aromatic heterocycles. The Kier molecular flexibility index (Phi) is 2.79. The monoisotopic (exact) mass is 206 g/mol. The van der Waals surface area contributed by atoms with Crippen molar-refractivity contribution >= 4 is 28.0 Å². The van der Waals surface area contributed by atoms with Crippen molar-refractivity contribution in [2.75, 3.05) is 11.5 Å². The SMILES string of the molecule is CCSCC1=C(N)S(=O)(=O)N=C1. The molecule has 0 aromatic rings. The van der Waals surface area contributed by atoms with Gasteiger partial charge in [-0.25, -0.2) is 0 Å². The zero-order chi connectivity index (χ0) is 9.19. The number of rotatable bonds is 3. The van der Waals surface area contributed by atoms with Crippen molar-refractivity contribution in [3.8, 4) is 0 Å². The highest BCUT2D eigenvalue weighted by Crippen LogP contribution is 2.18. The van der Waals surface area contributed by atoms with Crippen LogP contribution in [0.5, 0.6) is 0 Å². The van der Waals surface area contributed by atoms with Crippen molar-refractivity contribution in [3.05, 3.63) is 10.6 Å². The van der Waals surface area contributed by atoms with Gasteiger partial charge in [0.05, 0.1) is 0 Å². The molecule has 0 saturated carbocycles. The first-order valence-electron chi connectivity index (χ1n) is 3.44. The van der Waals surface area contributed by atoms with Crippen molar-refractivity contribution < 1.29 is 8.42 Å². The molecule has 2 N–H and O–H groups in total. The van der Waals surface area contributed by atoms with E-state index >= 15 is 0 Å². The second kappa shape index (κ2) is 3.49. The second-order valence-corrected chi connectivity index (χ2v) is 5.11. The number of hydrogen-bond acceptors (Lipinski definition) is 4. The molecule has 0 saturated heterocycles. The Morgan fingerprint density at radius 3 is 2.75 bits per heavy atom. The van der Waals surface area contributed by atoms with Crippen LogP contribution in [0.15, 0.2) is 15.0 Å². The normalized spacial score (nSPS) is 20.4. The van der Waals surface area contributed by atoms with Gasteiger partial charge in [0.25, 0.3) is 10.0 Å². The van der Waals surface area contributed by atoms with Crippen molar-refractivity contribution in [3.63, 3.8) is 0 Å². The van der Waals surface area contributed by atoms with E-state index in [1.54, 1.807) is 11.8 Å². The van der Waals surface area contributed by atoms with Crippen molar-refractivity contribution in [2.24, 2.45) is 10.1 Å². The summed E-state index contributed by atoms with van der Waals surface area (Å²) in [7, 11) is -3.49. The first-order valence-corrected chi connectivity index (χ1v) is 6.04. The largest absolute Gasteiger partial charge is 0.388 e. The first-order chi connectivity index (χ1) is 5.58. The van der Waals surface area contributed by atoms with Gasteiger partial charge in [-0.1, -0.05) is 6.92 Å². The zero-order valence-corrected chi connectivity index (χ0v) is 8.28. The standard InChI is InChI=1S/C6H10N2O2S2/c1-2-11-4-5-3-8-12(9,10)6(5)7/h3H,2,4,7H2,1H3. The average Bonchev–Trinajstić information content (AvgIpc) is 2.26. The van der Waals surface area contributed by atoms with Crippen molar-refractivity contribution in [1.82, 2.24) is 0 Å². The maximum Gasteiger partial charge on any atom is 0.297 e. The lowest BCUT2D eigenvalue weighted by atomic mass is 10.4. The van der Waals surface area contributed by atoms with E-state index in [-0.39, 0.29) is 5.03 Å². The Morgan fingerprint density at radius 2 is 2.33 bits per heavy atom. The highest BCUT2D eigenvalue weighted by atomic mass is 32.2. The van der Waals surface area contributed by atoms with Crippen LogP contribution in [0, 0.1) is 0 Å². The van der Waals surface area contributed by atoms with Crippen LogP contribution < -0.4 is 5.73 Å². The third-order valence-corrected chi connectivity index (χ3v) is 3.53. The van der Waals surface area contributed by atoms with Gasteiger partial charge in [-0.3, -0.25) is 0 Å². The summed E-state index contributed by atoms with van der Waals surface area (Å²) in [5, 5.41) is -0.0940. The van der Waals surface area contributed by atoms with Crippen LogP contribution in [0.4, 0.5) is 0 Å². The summed E-state index contributed by atoms with van der Waals surface area (Å²) in [6, 6.07) is 0. The molecule has 68 valence electrons. The molecule has 1 aliphatic heterocycles. The molecule has 0 fully saturated rings. The molecule has 0 spiro atoms. The Balaban J connectivity index is 2.80. The summed E-state index contributed by atoms with van der Waals surface area (Å²) in [5.41, 5.74) is 5.96. The predicted molar refractivity (Wildman–Crippen MR) is 51.6 cm³/mol. The molecular weight excluding hydrogens is 196 g/mol. The Bertz CT molecular complexity index is 329. The van der Waals surface area contributed by atoms with E-state index in [0.717, 1.165) is 5.75 Å². The fourth-order valence-electron chi connectivity index (χ4n) is 0.739. The minimum atomic E-state index is -3.49. The van der Waals surface area contributed by atoms with Gasteiger partial charge in [-0.05, 0) is 5.75 Å². The number of sulfonamides is 1. The summed E-state index contributed by atoms with van der Waals surface area (Å²) in [5.74, 6) is 1.55. The molecule has 4 nitrogen and oxygen atoms in total. The van der Waals surface area contributed by atoms with Gasteiger partial charge in [0.15, 0.2) is 5.03 Å². The quantitative estimate of drug-likeness (QED) is 0.722. The Hall–Kier alpha value is -0.490. The molecule has 12 heavy (non-hydrogen) atoms. The fraction of sp³-hybridized carbons (Fsp3) is 0.500. The summed E-state index contributed by atoms with van der Waals surface area (Å²) in [6.45, 7) is 2.00. The van der Waals surface area contributed by atoms with Crippen molar-refractivity contribution in [1.29, 1.82) is 0 Å². The highest BCUT2D eigenvalue weighted by molar-refractivity contribution is 7.99. The Labute approximate surface area is 76.0 Å².